The molecule has 4 amide bonds. The van der Waals surface area contributed by atoms with Crippen LogP contribution in [-0.4, -0.2) is 41.4 Å². The van der Waals surface area contributed by atoms with Crippen LogP contribution >= 0.6 is 11.6 Å². The second kappa shape index (κ2) is 7.50. The van der Waals surface area contributed by atoms with E-state index in [0.717, 1.165) is 43.4 Å². The zero-order chi connectivity index (χ0) is 19.0. The number of benzene rings is 1. The van der Waals surface area contributed by atoms with E-state index in [1.165, 1.54) is 11.3 Å². The van der Waals surface area contributed by atoms with Gasteiger partial charge in [-0.05, 0) is 49.4 Å². The number of amides is 4. The minimum Gasteiger partial charge on any atom is -0.326 e. The van der Waals surface area contributed by atoms with Crippen molar-refractivity contribution in [3.05, 3.63) is 28.8 Å². The van der Waals surface area contributed by atoms with E-state index in [1.807, 2.05) is 12.1 Å². The van der Waals surface area contributed by atoms with Crippen molar-refractivity contribution in [3.8, 4) is 0 Å². The summed E-state index contributed by atoms with van der Waals surface area (Å²) in [6, 6.07) is 4.68. The normalized spacial score (nSPS) is 22.9. The van der Waals surface area contributed by atoms with Crippen molar-refractivity contribution in [1.82, 2.24) is 10.2 Å². The summed E-state index contributed by atoms with van der Waals surface area (Å²) >= 11 is 6.02. The van der Waals surface area contributed by atoms with Crippen molar-refractivity contribution < 1.29 is 14.4 Å². The molecule has 1 aromatic rings. The van der Waals surface area contributed by atoms with Crippen LogP contribution < -0.4 is 10.2 Å². The van der Waals surface area contributed by atoms with E-state index >= 15 is 0 Å². The Morgan fingerprint density at radius 2 is 1.96 bits per heavy atom. The summed E-state index contributed by atoms with van der Waals surface area (Å²) in [5, 5.41) is 3.44. The van der Waals surface area contributed by atoms with Crippen molar-refractivity contribution in [2.45, 2.75) is 63.5 Å². The largest absolute Gasteiger partial charge is 0.326 e. The quantitative estimate of drug-likeness (QED) is 0.803. The van der Waals surface area contributed by atoms with E-state index < -0.39 is 6.04 Å². The SMILES string of the molecule is O=C(CC[C@H]1NC(=O)N(C2CCCCC2)C1=O)N1CCc2cc(Cl)ccc21. The molecule has 2 aliphatic heterocycles. The second-order valence-electron chi connectivity index (χ2n) is 7.61. The molecule has 0 spiro atoms. The third-order valence-electron chi connectivity index (χ3n) is 5.88. The summed E-state index contributed by atoms with van der Waals surface area (Å²) in [7, 11) is 0. The van der Waals surface area contributed by atoms with Crippen molar-refractivity contribution in [2.75, 3.05) is 11.4 Å². The van der Waals surface area contributed by atoms with Crippen LogP contribution in [0.2, 0.25) is 5.02 Å². The highest BCUT2D eigenvalue weighted by atomic mass is 35.5. The highest BCUT2D eigenvalue weighted by Gasteiger charge is 2.42. The minimum atomic E-state index is -0.587. The van der Waals surface area contributed by atoms with Gasteiger partial charge in [0.2, 0.25) is 5.91 Å². The molecule has 2 fully saturated rings. The average Bonchev–Trinajstić information content (AvgIpc) is 3.20. The van der Waals surface area contributed by atoms with Crippen LogP contribution in [0.1, 0.15) is 50.5 Å². The predicted molar refractivity (Wildman–Crippen MR) is 103 cm³/mol. The number of hydrogen-bond donors (Lipinski definition) is 1. The lowest BCUT2D eigenvalue weighted by atomic mass is 9.94. The number of fused-ring (bicyclic) bond motifs is 1. The van der Waals surface area contributed by atoms with E-state index in [9.17, 15) is 14.4 Å². The summed E-state index contributed by atoms with van der Waals surface area (Å²) in [4.78, 5) is 40.8. The van der Waals surface area contributed by atoms with Crippen LogP contribution in [0, 0.1) is 0 Å². The summed E-state index contributed by atoms with van der Waals surface area (Å²) in [6.07, 6.45) is 6.42. The van der Waals surface area contributed by atoms with Gasteiger partial charge in [-0.15, -0.1) is 0 Å². The number of urea groups is 1. The van der Waals surface area contributed by atoms with Gasteiger partial charge in [0.05, 0.1) is 0 Å². The lowest BCUT2D eigenvalue weighted by Gasteiger charge is -2.28. The summed E-state index contributed by atoms with van der Waals surface area (Å²) in [5.41, 5.74) is 1.97. The first-order chi connectivity index (χ1) is 13.0. The Balaban J connectivity index is 1.36. The minimum absolute atomic E-state index is 0.0159. The Morgan fingerprint density at radius 3 is 2.74 bits per heavy atom. The molecule has 2 heterocycles. The van der Waals surface area contributed by atoms with Crippen LogP contribution in [-0.2, 0) is 16.0 Å². The molecule has 144 valence electrons. The number of carbonyl (C=O) groups is 3. The highest BCUT2D eigenvalue weighted by Crippen LogP contribution is 2.31. The molecule has 0 radical (unpaired) electrons. The Hall–Kier alpha value is -2.08. The predicted octanol–water partition coefficient (Wildman–Crippen LogP) is 3.26. The van der Waals surface area contributed by atoms with Gasteiger partial charge < -0.3 is 10.2 Å². The maximum atomic E-state index is 12.7. The monoisotopic (exact) mass is 389 g/mol. The average molecular weight is 390 g/mol. The third kappa shape index (κ3) is 3.55. The number of rotatable bonds is 4. The number of halogens is 1. The lowest BCUT2D eigenvalue weighted by molar-refractivity contribution is -0.129. The third-order valence-corrected chi connectivity index (χ3v) is 6.11. The van der Waals surface area contributed by atoms with E-state index in [1.54, 1.807) is 11.0 Å². The second-order valence-corrected chi connectivity index (χ2v) is 8.05. The smallest absolute Gasteiger partial charge is 0.325 e. The van der Waals surface area contributed by atoms with Crippen LogP contribution in [0.15, 0.2) is 18.2 Å². The maximum Gasteiger partial charge on any atom is 0.325 e. The first kappa shape index (κ1) is 18.3. The van der Waals surface area contributed by atoms with E-state index in [-0.39, 0.29) is 30.3 Å². The zero-order valence-electron chi connectivity index (χ0n) is 15.2. The van der Waals surface area contributed by atoms with Gasteiger partial charge in [0.1, 0.15) is 6.04 Å². The Kier molecular flexibility index (Phi) is 5.08. The highest BCUT2D eigenvalue weighted by molar-refractivity contribution is 6.30. The molecule has 4 rings (SSSR count). The van der Waals surface area contributed by atoms with E-state index in [0.29, 0.717) is 18.0 Å². The molecular formula is C20H24ClN3O3. The zero-order valence-corrected chi connectivity index (χ0v) is 16.0. The molecule has 0 bridgehead atoms. The molecule has 0 aromatic heterocycles. The van der Waals surface area contributed by atoms with E-state index in [2.05, 4.69) is 5.32 Å². The Morgan fingerprint density at radius 1 is 1.19 bits per heavy atom. The number of carbonyl (C=O) groups excluding carboxylic acids is 3. The van der Waals surface area contributed by atoms with Gasteiger partial charge >= 0.3 is 6.03 Å². The lowest BCUT2D eigenvalue weighted by Crippen LogP contribution is -2.42. The number of anilines is 1. The first-order valence-corrected chi connectivity index (χ1v) is 10.1. The number of nitrogens with zero attached hydrogens (tertiary/aromatic N) is 2. The molecule has 1 atom stereocenters. The number of imide groups is 1. The summed E-state index contributed by atoms with van der Waals surface area (Å²) in [5.74, 6) is -0.192. The van der Waals surface area contributed by atoms with E-state index in [4.69, 9.17) is 11.6 Å². The summed E-state index contributed by atoms with van der Waals surface area (Å²) in [6.45, 7) is 0.633. The standard InChI is InChI=1S/C20H24ClN3O3/c21-14-6-8-17-13(12-14)10-11-23(17)18(25)9-7-16-19(26)24(20(27)22-16)15-4-2-1-3-5-15/h6,8,12,15-16H,1-5,7,9-11H2,(H,22,27)/t16-/m1/s1. The fourth-order valence-corrected chi connectivity index (χ4v) is 4.66. The summed E-state index contributed by atoms with van der Waals surface area (Å²) < 4.78 is 0. The molecule has 1 aromatic carbocycles. The van der Waals surface area contributed by atoms with Crippen molar-refractivity contribution in [2.24, 2.45) is 0 Å². The van der Waals surface area contributed by atoms with Crippen LogP contribution in [0.3, 0.4) is 0 Å². The van der Waals surface area contributed by atoms with Crippen LogP contribution in [0.25, 0.3) is 0 Å². The van der Waals surface area contributed by atoms with Gasteiger partial charge in [0, 0.05) is 29.7 Å². The molecule has 1 N–H and O–H groups in total. The van der Waals surface area contributed by atoms with Crippen molar-refractivity contribution in [1.29, 1.82) is 0 Å². The molecule has 3 aliphatic rings. The molecule has 27 heavy (non-hydrogen) atoms. The van der Waals surface area contributed by atoms with Gasteiger partial charge in [-0.1, -0.05) is 30.9 Å². The first-order valence-electron chi connectivity index (χ1n) is 9.77. The van der Waals surface area contributed by atoms with Crippen LogP contribution in [0.4, 0.5) is 10.5 Å². The molecule has 1 aliphatic carbocycles. The van der Waals surface area contributed by atoms with Gasteiger partial charge in [-0.25, -0.2) is 4.79 Å². The molecular weight excluding hydrogens is 366 g/mol. The Bertz CT molecular complexity index is 776. The number of hydrogen-bond acceptors (Lipinski definition) is 3. The molecule has 1 saturated carbocycles. The molecule has 1 saturated heterocycles. The van der Waals surface area contributed by atoms with Crippen LogP contribution in [0.5, 0.6) is 0 Å². The number of nitrogens with one attached hydrogen (secondary N) is 1. The van der Waals surface area contributed by atoms with Gasteiger partial charge in [0.25, 0.3) is 5.91 Å². The van der Waals surface area contributed by atoms with Crippen molar-refractivity contribution >= 4 is 35.1 Å². The molecule has 7 heteroatoms. The van der Waals surface area contributed by atoms with Gasteiger partial charge in [-0.2, -0.15) is 0 Å². The van der Waals surface area contributed by atoms with Crippen molar-refractivity contribution in [3.63, 3.8) is 0 Å². The topological polar surface area (TPSA) is 69.7 Å². The Labute approximate surface area is 163 Å². The fourth-order valence-electron chi connectivity index (χ4n) is 4.46. The fraction of sp³-hybridized carbons (Fsp3) is 0.550. The van der Waals surface area contributed by atoms with Gasteiger partial charge in [0.15, 0.2) is 0 Å². The molecule has 0 unspecified atom stereocenters. The van der Waals surface area contributed by atoms with Gasteiger partial charge in [-0.3, -0.25) is 14.5 Å². The molecule has 6 nitrogen and oxygen atoms in total. The maximum absolute atomic E-state index is 12.7.